The van der Waals surface area contributed by atoms with Crippen molar-refractivity contribution in [3.05, 3.63) is 0 Å². The van der Waals surface area contributed by atoms with Crippen LogP contribution in [0.3, 0.4) is 0 Å². The van der Waals surface area contributed by atoms with E-state index in [0.29, 0.717) is 12.5 Å². The van der Waals surface area contributed by atoms with Gasteiger partial charge in [0.1, 0.15) is 6.42 Å². The number of rotatable bonds is 5. The molecule has 0 aliphatic heterocycles. The second-order valence-corrected chi connectivity index (χ2v) is 4.76. The van der Waals surface area contributed by atoms with Crippen LogP contribution in [0.15, 0.2) is 0 Å². The Kier molecular flexibility index (Phi) is 6.01. The van der Waals surface area contributed by atoms with Crippen LogP contribution in [0.4, 0.5) is 0 Å². The van der Waals surface area contributed by atoms with E-state index in [2.05, 4.69) is 0 Å². The minimum Gasteiger partial charge on any atom is -0.466 e. The Balaban J connectivity index is 2.28. The van der Waals surface area contributed by atoms with Gasteiger partial charge in [-0.3, -0.25) is 9.59 Å². The molecule has 0 N–H and O–H groups in total. The van der Waals surface area contributed by atoms with Gasteiger partial charge < -0.3 is 9.64 Å². The highest BCUT2D eigenvalue weighted by Crippen LogP contribution is 2.24. The third-order valence-electron chi connectivity index (χ3n) is 3.28. The van der Waals surface area contributed by atoms with Crippen LogP contribution in [0.1, 0.15) is 45.4 Å². The van der Waals surface area contributed by atoms with Gasteiger partial charge in [-0.25, -0.2) is 0 Å². The average Bonchev–Trinajstić information content (AvgIpc) is 2.30. The van der Waals surface area contributed by atoms with E-state index in [1.807, 2.05) is 0 Å². The summed E-state index contributed by atoms with van der Waals surface area (Å²) in [6.45, 7) is 2.85. The maximum Gasteiger partial charge on any atom is 0.315 e. The molecule has 0 radical (unpaired) electrons. The van der Waals surface area contributed by atoms with Crippen LogP contribution in [0, 0.1) is 5.92 Å². The van der Waals surface area contributed by atoms with Gasteiger partial charge in [-0.1, -0.05) is 19.3 Å². The molecule has 0 aromatic carbocycles. The molecule has 0 aromatic rings. The molecule has 0 bridgehead atoms. The van der Waals surface area contributed by atoms with E-state index in [9.17, 15) is 9.59 Å². The van der Waals surface area contributed by atoms with Gasteiger partial charge in [0.25, 0.3) is 0 Å². The van der Waals surface area contributed by atoms with Gasteiger partial charge in [0.2, 0.25) is 5.91 Å². The van der Waals surface area contributed by atoms with Gasteiger partial charge in [0, 0.05) is 13.6 Å². The molecule has 0 heterocycles. The Bertz CT molecular complexity index is 259. The van der Waals surface area contributed by atoms with E-state index in [0.717, 1.165) is 6.54 Å². The lowest BCUT2D eigenvalue weighted by molar-refractivity contribution is -0.148. The molecule has 0 saturated heterocycles. The zero-order valence-electron chi connectivity index (χ0n) is 10.9. The number of ether oxygens (including phenoxy) is 1. The van der Waals surface area contributed by atoms with Crippen molar-refractivity contribution in [3.8, 4) is 0 Å². The first-order valence-corrected chi connectivity index (χ1v) is 6.53. The lowest BCUT2D eigenvalue weighted by atomic mass is 9.89. The van der Waals surface area contributed by atoms with Gasteiger partial charge in [-0.05, 0) is 25.7 Å². The summed E-state index contributed by atoms with van der Waals surface area (Å²) in [5.74, 6) is 0.0573. The molecule has 1 saturated carbocycles. The molecule has 0 aromatic heterocycles. The zero-order valence-corrected chi connectivity index (χ0v) is 10.9. The monoisotopic (exact) mass is 241 g/mol. The minimum absolute atomic E-state index is 0.128. The van der Waals surface area contributed by atoms with E-state index >= 15 is 0 Å². The fourth-order valence-corrected chi connectivity index (χ4v) is 2.33. The van der Waals surface area contributed by atoms with Crippen molar-refractivity contribution in [2.45, 2.75) is 45.4 Å². The first-order chi connectivity index (χ1) is 8.13. The molecule has 17 heavy (non-hydrogen) atoms. The summed E-state index contributed by atoms with van der Waals surface area (Å²) >= 11 is 0. The molecule has 0 atom stereocenters. The zero-order chi connectivity index (χ0) is 12.7. The Morgan fingerprint density at radius 3 is 2.47 bits per heavy atom. The van der Waals surface area contributed by atoms with Crippen molar-refractivity contribution in [2.75, 3.05) is 20.2 Å². The van der Waals surface area contributed by atoms with Crippen LogP contribution in [-0.2, 0) is 14.3 Å². The second-order valence-electron chi connectivity index (χ2n) is 4.76. The number of esters is 1. The average molecular weight is 241 g/mol. The maximum atomic E-state index is 11.7. The Morgan fingerprint density at radius 2 is 1.88 bits per heavy atom. The quantitative estimate of drug-likeness (QED) is 0.546. The van der Waals surface area contributed by atoms with Crippen molar-refractivity contribution < 1.29 is 14.3 Å². The molecular formula is C13H23NO3. The van der Waals surface area contributed by atoms with Crippen molar-refractivity contribution in [2.24, 2.45) is 5.92 Å². The van der Waals surface area contributed by atoms with Gasteiger partial charge >= 0.3 is 5.97 Å². The van der Waals surface area contributed by atoms with E-state index in [-0.39, 0.29) is 12.3 Å². The van der Waals surface area contributed by atoms with E-state index in [1.54, 1.807) is 18.9 Å². The van der Waals surface area contributed by atoms with Crippen LogP contribution in [0.5, 0.6) is 0 Å². The number of hydrogen-bond acceptors (Lipinski definition) is 3. The fourth-order valence-electron chi connectivity index (χ4n) is 2.33. The van der Waals surface area contributed by atoms with Crippen LogP contribution in [-0.4, -0.2) is 37.0 Å². The van der Waals surface area contributed by atoms with Crippen LogP contribution >= 0.6 is 0 Å². The normalized spacial score (nSPS) is 16.6. The van der Waals surface area contributed by atoms with Crippen LogP contribution < -0.4 is 0 Å². The van der Waals surface area contributed by atoms with E-state index in [1.165, 1.54) is 32.1 Å². The van der Waals surface area contributed by atoms with Gasteiger partial charge in [-0.15, -0.1) is 0 Å². The third kappa shape index (κ3) is 5.20. The summed E-state index contributed by atoms with van der Waals surface area (Å²) in [6.07, 6.45) is 6.14. The highest BCUT2D eigenvalue weighted by Gasteiger charge is 2.20. The van der Waals surface area contributed by atoms with Gasteiger partial charge in [-0.2, -0.15) is 0 Å². The summed E-state index contributed by atoms with van der Waals surface area (Å²) in [7, 11) is 1.77. The van der Waals surface area contributed by atoms with Crippen molar-refractivity contribution >= 4 is 11.9 Å². The summed E-state index contributed by atoms with van der Waals surface area (Å²) < 4.78 is 4.77. The number of amides is 1. The van der Waals surface area contributed by atoms with Gasteiger partial charge in [0.15, 0.2) is 0 Å². The summed E-state index contributed by atoms with van der Waals surface area (Å²) in [6, 6.07) is 0. The molecule has 1 rings (SSSR count). The number of nitrogens with zero attached hydrogens (tertiary/aromatic N) is 1. The molecule has 4 nitrogen and oxygen atoms in total. The summed E-state index contributed by atoms with van der Waals surface area (Å²) in [4.78, 5) is 24.6. The highest BCUT2D eigenvalue weighted by molar-refractivity contribution is 5.94. The number of hydrogen-bond donors (Lipinski definition) is 0. The van der Waals surface area contributed by atoms with Crippen LogP contribution in [0.2, 0.25) is 0 Å². The molecule has 0 unspecified atom stereocenters. The standard InChI is InChI=1S/C13H23NO3/c1-3-17-13(16)9-12(15)14(2)10-11-7-5-4-6-8-11/h11H,3-10H2,1-2H3. The topological polar surface area (TPSA) is 46.6 Å². The number of carbonyl (C=O) groups excluding carboxylic acids is 2. The van der Waals surface area contributed by atoms with Gasteiger partial charge in [0.05, 0.1) is 6.61 Å². The molecular weight excluding hydrogens is 218 g/mol. The molecule has 1 aliphatic carbocycles. The first-order valence-electron chi connectivity index (χ1n) is 6.53. The lowest BCUT2D eigenvalue weighted by Crippen LogP contribution is -2.34. The minimum atomic E-state index is -0.423. The Labute approximate surface area is 103 Å². The molecule has 1 fully saturated rings. The summed E-state index contributed by atoms with van der Waals surface area (Å²) in [5, 5.41) is 0. The first kappa shape index (κ1) is 14.0. The molecule has 98 valence electrons. The molecule has 1 amide bonds. The molecule has 4 heteroatoms. The predicted octanol–water partition coefficient (Wildman–Crippen LogP) is 1.98. The largest absolute Gasteiger partial charge is 0.466 e. The van der Waals surface area contributed by atoms with E-state index < -0.39 is 5.97 Å². The number of carbonyl (C=O) groups is 2. The van der Waals surface area contributed by atoms with Crippen molar-refractivity contribution in [1.29, 1.82) is 0 Å². The summed E-state index contributed by atoms with van der Waals surface area (Å²) in [5.41, 5.74) is 0. The van der Waals surface area contributed by atoms with Crippen molar-refractivity contribution in [3.63, 3.8) is 0 Å². The Hall–Kier alpha value is -1.06. The van der Waals surface area contributed by atoms with Crippen molar-refractivity contribution in [1.82, 2.24) is 4.90 Å². The predicted molar refractivity (Wildman–Crippen MR) is 65.5 cm³/mol. The molecule has 1 aliphatic rings. The third-order valence-corrected chi connectivity index (χ3v) is 3.28. The maximum absolute atomic E-state index is 11.7. The smallest absolute Gasteiger partial charge is 0.315 e. The van der Waals surface area contributed by atoms with Crippen LogP contribution in [0.25, 0.3) is 0 Å². The SMILES string of the molecule is CCOC(=O)CC(=O)N(C)CC1CCCCC1. The Morgan fingerprint density at radius 1 is 1.24 bits per heavy atom. The molecule has 0 spiro atoms. The highest BCUT2D eigenvalue weighted by atomic mass is 16.5. The lowest BCUT2D eigenvalue weighted by Gasteiger charge is -2.26. The second kappa shape index (κ2) is 7.30. The van der Waals surface area contributed by atoms with E-state index in [4.69, 9.17) is 4.74 Å². The fraction of sp³-hybridized carbons (Fsp3) is 0.846.